The van der Waals surface area contributed by atoms with Gasteiger partial charge in [-0.05, 0) is 23.6 Å². The van der Waals surface area contributed by atoms with Crippen molar-refractivity contribution in [3.8, 4) is 0 Å². The second-order valence-corrected chi connectivity index (χ2v) is 4.67. The largest absolute Gasteiger partial charge is 0.451 e. The molecule has 2 aromatic rings. The van der Waals surface area contributed by atoms with Gasteiger partial charge in [-0.3, -0.25) is 4.79 Å². The fraction of sp³-hybridized carbons (Fsp3) is 0.0769. The number of esters is 1. The Morgan fingerprint density at radius 2 is 2.05 bits per heavy atom. The van der Waals surface area contributed by atoms with Crippen LogP contribution in [-0.4, -0.2) is 18.5 Å². The maximum atomic E-state index is 13.3. The van der Waals surface area contributed by atoms with Crippen LogP contribution in [0.15, 0.2) is 35.7 Å². The van der Waals surface area contributed by atoms with E-state index in [2.05, 4.69) is 5.32 Å². The van der Waals surface area contributed by atoms with Crippen molar-refractivity contribution in [2.75, 3.05) is 11.9 Å². The molecular weight excluding hydrogens is 288 g/mol. The lowest BCUT2D eigenvalue weighted by Gasteiger charge is -2.07. The van der Waals surface area contributed by atoms with Gasteiger partial charge in [-0.2, -0.15) is 0 Å². The maximum Gasteiger partial charge on any atom is 0.348 e. The molecule has 0 aliphatic carbocycles. The van der Waals surface area contributed by atoms with Gasteiger partial charge in [-0.1, -0.05) is 6.07 Å². The van der Waals surface area contributed by atoms with Crippen LogP contribution in [0.4, 0.5) is 14.5 Å². The fourth-order valence-corrected chi connectivity index (χ4v) is 1.99. The summed E-state index contributed by atoms with van der Waals surface area (Å²) in [5, 5.41) is 3.82. The molecule has 0 fully saturated rings. The van der Waals surface area contributed by atoms with Gasteiger partial charge in [0.15, 0.2) is 6.61 Å². The molecule has 0 unspecified atom stereocenters. The molecule has 2 rings (SSSR count). The van der Waals surface area contributed by atoms with Crippen LogP contribution >= 0.6 is 11.3 Å². The Bertz CT molecular complexity index is 629. The molecule has 0 atom stereocenters. The zero-order valence-electron chi connectivity index (χ0n) is 10.1. The Morgan fingerprint density at radius 1 is 1.25 bits per heavy atom. The van der Waals surface area contributed by atoms with Crippen molar-refractivity contribution >= 4 is 28.9 Å². The van der Waals surface area contributed by atoms with E-state index in [4.69, 9.17) is 4.74 Å². The van der Waals surface area contributed by atoms with E-state index in [1.807, 2.05) is 0 Å². The first-order valence-corrected chi connectivity index (χ1v) is 6.40. The van der Waals surface area contributed by atoms with Crippen LogP contribution in [0, 0.1) is 11.6 Å². The van der Waals surface area contributed by atoms with Gasteiger partial charge < -0.3 is 10.1 Å². The van der Waals surface area contributed by atoms with E-state index in [1.165, 1.54) is 11.3 Å². The molecule has 0 saturated heterocycles. The highest BCUT2D eigenvalue weighted by atomic mass is 32.1. The highest BCUT2D eigenvalue weighted by Crippen LogP contribution is 2.15. The van der Waals surface area contributed by atoms with Crippen molar-refractivity contribution in [2.24, 2.45) is 0 Å². The number of benzene rings is 1. The molecule has 0 radical (unpaired) electrons. The van der Waals surface area contributed by atoms with Crippen LogP contribution in [0.1, 0.15) is 9.67 Å². The Balaban J connectivity index is 1.90. The summed E-state index contributed by atoms with van der Waals surface area (Å²) in [6.07, 6.45) is 0. The smallest absolute Gasteiger partial charge is 0.348 e. The van der Waals surface area contributed by atoms with Gasteiger partial charge in [0.1, 0.15) is 16.5 Å². The normalized spacial score (nSPS) is 10.1. The zero-order valence-corrected chi connectivity index (χ0v) is 10.9. The summed E-state index contributed by atoms with van der Waals surface area (Å²) in [6, 6.07) is 5.89. The average molecular weight is 297 g/mol. The van der Waals surface area contributed by atoms with E-state index in [-0.39, 0.29) is 5.69 Å². The van der Waals surface area contributed by atoms with Gasteiger partial charge in [0.2, 0.25) is 0 Å². The van der Waals surface area contributed by atoms with E-state index >= 15 is 0 Å². The number of carbonyl (C=O) groups excluding carboxylic acids is 2. The minimum atomic E-state index is -0.774. The number of ether oxygens (including phenoxy) is 1. The summed E-state index contributed by atoms with van der Waals surface area (Å²) in [4.78, 5) is 23.3. The zero-order chi connectivity index (χ0) is 14.5. The van der Waals surface area contributed by atoms with Crippen molar-refractivity contribution in [3.05, 3.63) is 52.2 Å². The SMILES string of the molecule is O=C(COC(=O)c1cccs1)Nc1cc(F)ccc1F. The minimum Gasteiger partial charge on any atom is -0.451 e. The van der Waals surface area contributed by atoms with E-state index < -0.39 is 30.1 Å². The maximum absolute atomic E-state index is 13.3. The Kier molecular flexibility index (Phi) is 4.41. The highest BCUT2D eigenvalue weighted by Gasteiger charge is 2.12. The second kappa shape index (κ2) is 6.25. The molecule has 4 nitrogen and oxygen atoms in total. The molecule has 1 aromatic heterocycles. The third-order valence-electron chi connectivity index (χ3n) is 2.26. The highest BCUT2D eigenvalue weighted by molar-refractivity contribution is 7.11. The van der Waals surface area contributed by atoms with Gasteiger partial charge >= 0.3 is 5.97 Å². The topological polar surface area (TPSA) is 55.4 Å². The third kappa shape index (κ3) is 3.61. The quantitative estimate of drug-likeness (QED) is 0.883. The number of thiophene rings is 1. The van der Waals surface area contributed by atoms with Crippen LogP contribution in [-0.2, 0) is 9.53 Å². The Labute approximate surface area is 117 Å². The number of rotatable bonds is 4. The minimum absolute atomic E-state index is 0.304. The summed E-state index contributed by atoms with van der Waals surface area (Å²) in [6.45, 7) is -0.577. The first-order chi connectivity index (χ1) is 9.56. The molecule has 0 saturated carbocycles. The van der Waals surface area contributed by atoms with Gasteiger partial charge in [-0.25, -0.2) is 13.6 Å². The molecule has 1 N–H and O–H groups in total. The van der Waals surface area contributed by atoms with Crippen molar-refractivity contribution < 1.29 is 23.1 Å². The summed E-state index contributed by atoms with van der Waals surface area (Å²) in [7, 11) is 0. The van der Waals surface area contributed by atoms with Gasteiger partial charge in [0.05, 0.1) is 5.69 Å². The molecular formula is C13H9F2NO3S. The number of hydrogen-bond donors (Lipinski definition) is 1. The molecule has 104 valence electrons. The molecule has 7 heteroatoms. The lowest BCUT2D eigenvalue weighted by atomic mass is 10.3. The molecule has 1 amide bonds. The second-order valence-electron chi connectivity index (χ2n) is 3.73. The number of anilines is 1. The summed E-state index contributed by atoms with van der Waals surface area (Å²) >= 11 is 1.18. The summed E-state index contributed by atoms with van der Waals surface area (Å²) in [5.74, 6) is -2.85. The Morgan fingerprint density at radius 3 is 2.75 bits per heavy atom. The summed E-state index contributed by atoms with van der Waals surface area (Å²) < 4.78 is 30.9. The van der Waals surface area contributed by atoms with Crippen molar-refractivity contribution in [1.29, 1.82) is 0 Å². The molecule has 0 aliphatic rings. The standard InChI is InChI=1S/C13H9F2NO3S/c14-8-3-4-9(15)10(6-8)16-12(17)7-19-13(18)11-2-1-5-20-11/h1-6H,7H2,(H,16,17). The van der Waals surface area contributed by atoms with E-state index in [9.17, 15) is 18.4 Å². The molecule has 0 aliphatic heterocycles. The van der Waals surface area contributed by atoms with E-state index in [1.54, 1.807) is 17.5 Å². The fourth-order valence-electron chi connectivity index (χ4n) is 1.38. The average Bonchev–Trinajstić information content (AvgIpc) is 2.94. The first kappa shape index (κ1) is 14.1. The van der Waals surface area contributed by atoms with Crippen LogP contribution in [0.5, 0.6) is 0 Å². The predicted molar refractivity (Wildman–Crippen MR) is 69.6 cm³/mol. The third-order valence-corrected chi connectivity index (χ3v) is 3.11. The van der Waals surface area contributed by atoms with Crippen LogP contribution in [0.3, 0.4) is 0 Å². The number of nitrogens with one attached hydrogen (secondary N) is 1. The number of carbonyl (C=O) groups is 2. The van der Waals surface area contributed by atoms with E-state index in [0.717, 1.165) is 18.2 Å². The number of hydrogen-bond acceptors (Lipinski definition) is 4. The van der Waals surface area contributed by atoms with Crippen molar-refractivity contribution in [1.82, 2.24) is 0 Å². The van der Waals surface area contributed by atoms with Gasteiger partial charge in [0.25, 0.3) is 5.91 Å². The van der Waals surface area contributed by atoms with Crippen LogP contribution in [0.2, 0.25) is 0 Å². The van der Waals surface area contributed by atoms with Crippen molar-refractivity contribution in [2.45, 2.75) is 0 Å². The molecule has 0 bridgehead atoms. The number of amides is 1. The molecule has 1 aromatic carbocycles. The molecule has 0 spiro atoms. The monoisotopic (exact) mass is 297 g/mol. The lowest BCUT2D eigenvalue weighted by Crippen LogP contribution is -2.21. The number of halogens is 2. The first-order valence-electron chi connectivity index (χ1n) is 5.52. The van der Waals surface area contributed by atoms with Gasteiger partial charge in [0, 0.05) is 6.07 Å². The lowest BCUT2D eigenvalue weighted by molar-refractivity contribution is -0.119. The summed E-state index contributed by atoms with van der Waals surface area (Å²) in [5.41, 5.74) is -0.304. The van der Waals surface area contributed by atoms with Crippen LogP contribution < -0.4 is 5.32 Å². The van der Waals surface area contributed by atoms with Gasteiger partial charge in [-0.15, -0.1) is 11.3 Å². The van der Waals surface area contributed by atoms with Crippen LogP contribution in [0.25, 0.3) is 0 Å². The van der Waals surface area contributed by atoms with Crippen molar-refractivity contribution in [3.63, 3.8) is 0 Å². The molecule has 1 heterocycles. The Hall–Kier alpha value is -2.28. The predicted octanol–water partition coefficient (Wildman–Crippen LogP) is 2.82. The van der Waals surface area contributed by atoms with E-state index in [0.29, 0.717) is 4.88 Å². The molecule has 20 heavy (non-hydrogen) atoms.